The molecule has 1 atom stereocenters. The molecule has 1 aromatic carbocycles. The third-order valence-electron chi connectivity index (χ3n) is 5.48. The summed E-state index contributed by atoms with van der Waals surface area (Å²) in [6, 6.07) is 11.6. The number of pyridine rings is 2. The third-order valence-corrected chi connectivity index (χ3v) is 5.48. The summed E-state index contributed by atoms with van der Waals surface area (Å²) in [4.78, 5) is 24.6. The first-order chi connectivity index (χ1) is 15.9. The van der Waals surface area contributed by atoms with Crippen LogP contribution in [0.3, 0.4) is 0 Å². The van der Waals surface area contributed by atoms with E-state index in [-0.39, 0.29) is 18.1 Å². The van der Waals surface area contributed by atoms with Gasteiger partial charge in [-0.2, -0.15) is 5.26 Å². The van der Waals surface area contributed by atoms with Gasteiger partial charge in [-0.05, 0) is 19.9 Å². The molecule has 0 fully saturated rings. The molecule has 4 rings (SSSR count). The van der Waals surface area contributed by atoms with Crippen molar-refractivity contribution >= 4 is 27.8 Å². The van der Waals surface area contributed by atoms with Gasteiger partial charge in [-0.25, -0.2) is 4.98 Å². The lowest BCUT2D eigenvalue weighted by atomic mass is 10.1. The van der Waals surface area contributed by atoms with Crippen molar-refractivity contribution in [1.29, 1.82) is 5.26 Å². The molecule has 0 aliphatic heterocycles. The number of nitrogens with two attached hydrogens (primary N) is 1. The molecule has 3 aromatic heterocycles. The van der Waals surface area contributed by atoms with Crippen LogP contribution in [0.4, 0.5) is 5.95 Å². The normalized spacial score (nSPS) is 11.7. The smallest absolute Gasteiger partial charge is 0.277 e. The maximum atomic E-state index is 13.5. The molecule has 8 heteroatoms. The number of rotatable bonds is 6. The summed E-state index contributed by atoms with van der Waals surface area (Å²) < 4.78 is 3.39. The second-order valence-corrected chi connectivity index (χ2v) is 8.04. The van der Waals surface area contributed by atoms with Crippen LogP contribution in [-0.2, 0) is 13.1 Å². The number of aromatic nitrogens is 4. The highest BCUT2D eigenvalue weighted by molar-refractivity contribution is 5.87. The van der Waals surface area contributed by atoms with Gasteiger partial charge in [0.1, 0.15) is 11.6 Å². The summed E-state index contributed by atoms with van der Waals surface area (Å²) in [6.45, 7) is 4.79. The summed E-state index contributed by atoms with van der Waals surface area (Å²) >= 11 is 0. The fourth-order valence-electron chi connectivity index (χ4n) is 4.01. The van der Waals surface area contributed by atoms with Gasteiger partial charge in [0.05, 0.1) is 29.9 Å². The standard InChI is InChI=1S/C25H25N7O/c1-4-5-11-32-23-21(29-25(32)30(3)15-17(2)27)10-12-31(24(23)33)16-22-20(13-26)19-9-7-6-8-18(19)14-28-22/h6-10,12,14,17H,11,15-16,27H2,1-3H3. The largest absolute Gasteiger partial charge is 0.344 e. The zero-order valence-electron chi connectivity index (χ0n) is 18.9. The van der Waals surface area contributed by atoms with Crippen LogP contribution >= 0.6 is 0 Å². The molecule has 8 nitrogen and oxygen atoms in total. The number of imidazole rings is 1. The molecule has 3 heterocycles. The Morgan fingerprint density at radius 1 is 1.27 bits per heavy atom. The van der Waals surface area contributed by atoms with Crippen LogP contribution in [-0.4, -0.2) is 38.7 Å². The lowest BCUT2D eigenvalue weighted by molar-refractivity contribution is 0.687. The lowest BCUT2D eigenvalue weighted by Gasteiger charge is -2.20. The molecule has 0 aliphatic carbocycles. The number of nitriles is 1. The number of nitrogens with zero attached hydrogens (tertiary/aromatic N) is 6. The van der Waals surface area contributed by atoms with Crippen molar-refractivity contribution in [3.63, 3.8) is 0 Å². The highest BCUT2D eigenvalue weighted by Crippen LogP contribution is 2.22. The van der Waals surface area contributed by atoms with E-state index >= 15 is 0 Å². The molecule has 0 radical (unpaired) electrons. The van der Waals surface area contributed by atoms with E-state index in [1.54, 1.807) is 23.9 Å². The third kappa shape index (κ3) is 4.17. The van der Waals surface area contributed by atoms with E-state index in [0.717, 1.165) is 10.8 Å². The van der Waals surface area contributed by atoms with Crippen LogP contribution in [0, 0.1) is 23.2 Å². The molecule has 2 N–H and O–H groups in total. The first-order valence-corrected chi connectivity index (χ1v) is 10.7. The second-order valence-electron chi connectivity index (χ2n) is 8.04. The van der Waals surface area contributed by atoms with Crippen molar-refractivity contribution in [1.82, 2.24) is 19.1 Å². The number of likely N-dealkylation sites (N-methyl/N-ethyl adjacent to an activating group) is 1. The van der Waals surface area contributed by atoms with E-state index in [9.17, 15) is 10.1 Å². The number of fused-ring (bicyclic) bond motifs is 2. The van der Waals surface area contributed by atoms with Crippen LogP contribution in [0.5, 0.6) is 0 Å². The summed E-state index contributed by atoms with van der Waals surface area (Å²) in [7, 11) is 1.90. The van der Waals surface area contributed by atoms with Crippen LogP contribution in [0.2, 0.25) is 0 Å². The van der Waals surface area contributed by atoms with Gasteiger partial charge in [-0.1, -0.05) is 30.2 Å². The molecule has 4 aromatic rings. The quantitative estimate of drug-likeness (QED) is 0.463. The lowest BCUT2D eigenvalue weighted by Crippen LogP contribution is -2.34. The Hall–Kier alpha value is -4.14. The van der Waals surface area contributed by atoms with Crippen molar-refractivity contribution in [2.24, 2.45) is 5.73 Å². The van der Waals surface area contributed by atoms with E-state index in [0.29, 0.717) is 41.3 Å². The Balaban J connectivity index is 1.84. The summed E-state index contributed by atoms with van der Waals surface area (Å²) in [6.07, 6.45) is 3.43. The van der Waals surface area contributed by atoms with Gasteiger partial charge in [-0.15, -0.1) is 5.92 Å². The molecule has 0 spiro atoms. The average molecular weight is 440 g/mol. The molecule has 0 saturated heterocycles. The molecule has 166 valence electrons. The maximum absolute atomic E-state index is 13.5. The Morgan fingerprint density at radius 2 is 2.06 bits per heavy atom. The molecule has 0 bridgehead atoms. The minimum atomic E-state index is -0.211. The number of benzene rings is 1. The molecule has 0 amide bonds. The summed E-state index contributed by atoms with van der Waals surface area (Å²) in [5.41, 5.74) is 7.84. The Kier molecular flexibility index (Phi) is 6.12. The van der Waals surface area contributed by atoms with Crippen LogP contribution < -0.4 is 16.2 Å². The van der Waals surface area contributed by atoms with Crippen molar-refractivity contribution in [2.45, 2.75) is 33.0 Å². The van der Waals surface area contributed by atoms with Crippen LogP contribution in [0.25, 0.3) is 21.8 Å². The second kappa shape index (κ2) is 9.15. The summed E-state index contributed by atoms with van der Waals surface area (Å²) in [5, 5.41) is 11.5. The molecule has 0 saturated carbocycles. The van der Waals surface area contributed by atoms with Gasteiger partial charge in [0, 0.05) is 42.8 Å². The predicted molar refractivity (Wildman–Crippen MR) is 130 cm³/mol. The van der Waals surface area contributed by atoms with E-state index in [2.05, 4.69) is 27.9 Å². The number of hydrogen-bond donors (Lipinski definition) is 1. The van der Waals surface area contributed by atoms with Crippen LogP contribution in [0.15, 0.2) is 47.5 Å². The van der Waals surface area contributed by atoms with E-state index in [1.165, 1.54) is 0 Å². The zero-order chi connectivity index (χ0) is 23.5. The van der Waals surface area contributed by atoms with Gasteiger partial charge in [-0.3, -0.25) is 14.3 Å². The first-order valence-electron chi connectivity index (χ1n) is 10.7. The fraction of sp³-hybridized carbons (Fsp3) is 0.280. The Morgan fingerprint density at radius 3 is 2.79 bits per heavy atom. The Labute approximate surface area is 191 Å². The number of hydrogen-bond acceptors (Lipinski definition) is 6. The number of anilines is 1. The fourth-order valence-corrected chi connectivity index (χ4v) is 4.01. The topological polar surface area (TPSA) is 106 Å². The molecule has 33 heavy (non-hydrogen) atoms. The Bertz CT molecular complexity index is 1490. The zero-order valence-corrected chi connectivity index (χ0v) is 18.9. The van der Waals surface area contributed by atoms with E-state index in [4.69, 9.17) is 5.73 Å². The van der Waals surface area contributed by atoms with Crippen LogP contribution in [0.1, 0.15) is 25.1 Å². The predicted octanol–water partition coefficient (Wildman–Crippen LogP) is 2.47. The van der Waals surface area contributed by atoms with Gasteiger partial charge < -0.3 is 15.2 Å². The SMILES string of the molecule is CC#CCn1c(N(C)CC(C)N)nc2ccn(Cc3ncc4ccccc4c3C#N)c(=O)c21. The van der Waals surface area contributed by atoms with Crippen molar-refractivity contribution in [3.05, 3.63) is 64.3 Å². The maximum Gasteiger partial charge on any atom is 0.277 e. The van der Waals surface area contributed by atoms with Crippen molar-refractivity contribution in [3.8, 4) is 17.9 Å². The van der Waals surface area contributed by atoms with Gasteiger partial charge in [0.25, 0.3) is 5.56 Å². The minimum Gasteiger partial charge on any atom is -0.344 e. The van der Waals surface area contributed by atoms with E-state index < -0.39 is 0 Å². The molecular formula is C25H25N7O. The van der Waals surface area contributed by atoms with Gasteiger partial charge in [0.15, 0.2) is 0 Å². The highest BCUT2D eigenvalue weighted by Gasteiger charge is 2.19. The highest BCUT2D eigenvalue weighted by atomic mass is 16.1. The van der Waals surface area contributed by atoms with Gasteiger partial charge in [0.2, 0.25) is 5.95 Å². The monoisotopic (exact) mass is 439 g/mol. The molecule has 0 aliphatic rings. The first kappa shape index (κ1) is 22.1. The molecule has 1 unspecified atom stereocenters. The summed E-state index contributed by atoms with van der Waals surface area (Å²) in [5.74, 6) is 6.56. The van der Waals surface area contributed by atoms with Crippen molar-refractivity contribution in [2.75, 3.05) is 18.5 Å². The van der Waals surface area contributed by atoms with Gasteiger partial charge >= 0.3 is 0 Å². The minimum absolute atomic E-state index is 0.0550. The van der Waals surface area contributed by atoms with Crippen molar-refractivity contribution < 1.29 is 0 Å². The average Bonchev–Trinajstić information content (AvgIpc) is 3.18. The van der Waals surface area contributed by atoms with E-state index in [1.807, 2.05) is 53.8 Å². The molecular weight excluding hydrogens is 414 g/mol.